The maximum absolute atomic E-state index is 6.04. The van der Waals surface area contributed by atoms with Crippen LogP contribution >= 0.6 is 34.2 Å². The summed E-state index contributed by atoms with van der Waals surface area (Å²) in [5.41, 5.74) is 8.79. The summed E-state index contributed by atoms with van der Waals surface area (Å²) < 4.78 is 0.858. The summed E-state index contributed by atoms with van der Waals surface area (Å²) >= 11 is 8.09. The third-order valence-corrected chi connectivity index (χ3v) is 4.34. The summed E-state index contributed by atoms with van der Waals surface area (Å²) in [4.78, 5) is 9.04. The van der Waals surface area contributed by atoms with Crippen molar-refractivity contribution in [3.05, 3.63) is 63.2 Å². The minimum atomic E-state index is 0.481. The van der Waals surface area contributed by atoms with Crippen molar-refractivity contribution in [3.8, 4) is 22.6 Å². The molecule has 2 aromatic carbocycles. The Hall–Kier alpha value is -1.66. The van der Waals surface area contributed by atoms with Gasteiger partial charge in [-0.2, -0.15) is 0 Å². The largest absolute Gasteiger partial charge is 0.383 e. The summed E-state index contributed by atoms with van der Waals surface area (Å²) in [6, 6.07) is 17.4. The number of nitrogens with two attached hydrogens (primary N) is 1. The van der Waals surface area contributed by atoms with Crippen LogP contribution in [-0.4, -0.2) is 9.97 Å². The van der Waals surface area contributed by atoms with Crippen molar-refractivity contribution < 1.29 is 0 Å². The molecule has 0 saturated heterocycles. The molecule has 0 unspecified atom stereocenters. The second kappa shape index (κ2) is 5.99. The van der Waals surface area contributed by atoms with Gasteiger partial charge in [-0.3, -0.25) is 0 Å². The molecule has 104 valence electrons. The Balaban J connectivity index is 2.16. The van der Waals surface area contributed by atoms with Gasteiger partial charge in [0.05, 0.1) is 9.26 Å². The van der Waals surface area contributed by atoms with E-state index in [4.69, 9.17) is 17.3 Å². The van der Waals surface area contributed by atoms with Crippen LogP contribution in [0.1, 0.15) is 0 Å². The van der Waals surface area contributed by atoms with E-state index in [0.717, 1.165) is 20.4 Å². The first-order chi connectivity index (χ1) is 10.1. The van der Waals surface area contributed by atoms with Crippen LogP contribution in [0.5, 0.6) is 0 Å². The fraction of sp³-hybridized carbons (Fsp3) is 0. The molecule has 1 heterocycles. The molecule has 0 spiro atoms. The van der Waals surface area contributed by atoms with Crippen LogP contribution in [-0.2, 0) is 0 Å². The summed E-state index contributed by atoms with van der Waals surface area (Å²) in [6.45, 7) is 0. The van der Waals surface area contributed by atoms with Crippen molar-refractivity contribution in [2.45, 2.75) is 0 Å². The number of nitrogen functional groups attached to an aromatic ring is 1. The van der Waals surface area contributed by atoms with Crippen molar-refractivity contribution in [2.24, 2.45) is 0 Å². The molecule has 0 aliphatic carbocycles. The van der Waals surface area contributed by atoms with Crippen LogP contribution in [0.2, 0.25) is 5.02 Å². The number of hydrogen-bond donors (Lipinski definition) is 1. The van der Waals surface area contributed by atoms with E-state index in [1.807, 2.05) is 54.6 Å². The Labute approximate surface area is 141 Å². The van der Waals surface area contributed by atoms with Gasteiger partial charge in [0.1, 0.15) is 5.82 Å². The molecule has 0 fully saturated rings. The number of nitrogens with zero attached hydrogens (tertiary/aromatic N) is 2. The average Bonchev–Trinajstić information content (AvgIpc) is 2.51. The molecule has 0 saturated carbocycles. The molecule has 0 atom stereocenters. The van der Waals surface area contributed by atoms with Gasteiger partial charge in [0.15, 0.2) is 5.82 Å². The lowest BCUT2D eigenvalue weighted by atomic mass is 10.1. The van der Waals surface area contributed by atoms with Crippen molar-refractivity contribution in [1.29, 1.82) is 0 Å². The Morgan fingerprint density at radius 1 is 0.857 bits per heavy atom. The minimum Gasteiger partial charge on any atom is -0.383 e. The highest BCUT2D eigenvalue weighted by atomic mass is 127. The van der Waals surface area contributed by atoms with Crippen LogP contribution < -0.4 is 5.73 Å². The molecule has 0 radical (unpaired) electrons. The predicted octanol–water partition coefficient (Wildman–Crippen LogP) is 4.65. The van der Waals surface area contributed by atoms with E-state index < -0.39 is 0 Å². The molecular formula is C16H11ClIN3. The zero-order valence-corrected chi connectivity index (χ0v) is 13.8. The SMILES string of the molecule is Nc1nc(-c2ccc(Cl)cc2)nc(-c2ccccc2)c1I. The maximum atomic E-state index is 6.04. The number of aromatic nitrogens is 2. The maximum Gasteiger partial charge on any atom is 0.162 e. The fourth-order valence-electron chi connectivity index (χ4n) is 1.98. The van der Waals surface area contributed by atoms with Gasteiger partial charge in [-0.05, 0) is 46.9 Å². The molecule has 5 heteroatoms. The summed E-state index contributed by atoms with van der Waals surface area (Å²) in [5, 5.41) is 0.681. The molecule has 1 aromatic heterocycles. The van der Waals surface area contributed by atoms with Gasteiger partial charge < -0.3 is 5.73 Å². The quantitative estimate of drug-likeness (QED) is 0.629. The lowest BCUT2D eigenvalue weighted by Gasteiger charge is -2.09. The third kappa shape index (κ3) is 3.01. The first-order valence-electron chi connectivity index (χ1n) is 6.29. The summed E-state index contributed by atoms with van der Waals surface area (Å²) in [5.74, 6) is 1.08. The van der Waals surface area contributed by atoms with Crippen LogP contribution in [0.25, 0.3) is 22.6 Å². The van der Waals surface area contributed by atoms with E-state index in [1.165, 1.54) is 0 Å². The van der Waals surface area contributed by atoms with E-state index in [9.17, 15) is 0 Å². The predicted molar refractivity (Wildman–Crippen MR) is 95.0 cm³/mol. The molecule has 3 nitrogen and oxygen atoms in total. The Bertz CT molecular complexity index is 774. The van der Waals surface area contributed by atoms with Crippen molar-refractivity contribution in [1.82, 2.24) is 9.97 Å². The smallest absolute Gasteiger partial charge is 0.162 e. The molecule has 0 amide bonds. The number of halogens is 2. The van der Waals surface area contributed by atoms with Gasteiger partial charge >= 0.3 is 0 Å². The molecule has 21 heavy (non-hydrogen) atoms. The van der Waals surface area contributed by atoms with Crippen LogP contribution in [0.4, 0.5) is 5.82 Å². The van der Waals surface area contributed by atoms with Crippen molar-refractivity contribution in [2.75, 3.05) is 5.73 Å². The first-order valence-corrected chi connectivity index (χ1v) is 7.75. The van der Waals surface area contributed by atoms with Gasteiger partial charge in [-0.25, -0.2) is 9.97 Å². The number of benzene rings is 2. The molecular weight excluding hydrogens is 397 g/mol. The van der Waals surface area contributed by atoms with Crippen LogP contribution in [0, 0.1) is 3.57 Å². The highest BCUT2D eigenvalue weighted by molar-refractivity contribution is 14.1. The highest BCUT2D eigenvalue weighted by Crippen LogP contribution is 2.29. The average molecular weight is 408 g/mol. The van der Waals surface area contributed by atoms with E-state index >= 15 is 0 Å². The van der Waals surface area contributed by atoms with E-state index in [0.29, 0.717) is 16.7 Å². The first kappa shape index (κ1) is 14.3. The number of anilines is 1. The molecule has 2 N–H and O–H groups in total. The summed E-state index contributed by atoms with van der Waals surface area (Å²) in [7, 11) is 0. The van der Waals surface area contributed by atoms with Gasteiger partial charge in [0.25, 0.3) is 0 Å². The molecule has 0 aliphatic heterocycles. The van der Waals surface area contributed by atoms with E-state index in [2.05, 4.69) is 32.6 Å². The second-order valence-corrected chi connectivity index (χ2v) is 5.98. The zero-order chi connectivity index (χ0) is 14.8. The van der Waals surface area contributed by atoms with E-state index in [1.54, 1.807) is 0 Å². The second-order valence-electron chi connectivity index (χ2n) is 4.47. The molecule has 3 aromatic rings. The zero-order valence-electron chi connectivity index (χ0n) is 10.9. The van der Waals surface area contributed by atoms with E-state index in [-0.39, 0.29) is 0 Å². The standard InChI is InChI=1S/C16H11ClIN3/c17-12-8-6-11(7-9-12)16-20-14(13(18)15(19)21-16)10-4-2-1-3-5-10/h1-9H,(H2,19,20,21). The minimum absolute atomic E-state index is 0.481. The number of rotatable bonds is 2. The third-order valence-electron chi connectivity index (χ3n) is 3.03. The molecule has 0 bridgehead atoms. The Morgan fingerprint density at radius 2 is 1.52 bits per heavy atom. The fourth-order valence-corrected chi connectivity index (χ4v) is 2.66. The van der Waals surface area contributed by atoms with Crippen LogP contribution in [0.15, 0.2) is 54.6 Å². The summed E-state index contributed by atoms with van der Waals surface area (Å²) in [6.07, 6.45) is 0. The Kier molecular flexibility index (Phi) is 4.07. The monoisotopic (exact) mass is 407 g/mol. The number of hydrogen-bond acceptors (Lipinski definition) is 3. The van der Waals surface area contributed by atoms with Gasteiger partial charge in [0, 0.05) is 16.1 Å². The van der Waals surface area contributed by atoms with Gasteiger partial charge in [0.2, 0.25) is 0 Å². The van der Waals surface area contributed by atoms with Crippen molar-refractivity contribution in [3.63, 3.8) is 0 Å². The lowest BCUT2D eigenvalue weighted by molar-refractivity contribution is 1.17. The normalized spacial score (nSPS) is 10.6. The topological polar surface area (TPSA) is 51.8 Å². The Morgan fingerprint density at radius 3 is 2.19 bits per heavy atom. The van der Waals surface area contributed by atoms with Gasteiger partial charge in [-0.15, -0.1) is 0 Å². The molecule has 3 rings (SSSR count). The lowest BCUT2D eigenvalue weighted by Crippen LogP contribution is -2.02. The highest BCUT2D eigenvalue weighted by Gasteiger charge is 2.12. The molecule has 0 aliphatic rings. The van der Waals surface area contributed by atoms with Gasteiger partial charge in [-0.1, -0.05) is 41.9 Å². The van der Waals surface area contributed by atoms with Crippen molar-refractivity contribution >= 4 is 40.0 Å². The van der Waals surface area contributed by atoms with Crippen LogP contribution in [0.3, 0.4) is 0 Å².